The summed E-state index contributed by atoms with van der Waals surface area (Å²) in [6.07, 6.45) is 1.74. The molecule has 0 radical (unpaired) electrons. The van der Waals surface area contributed by atoms with Gasteiger partial charge < -0.3 is 5.11 Å². The van der Waals surface area contributed by atoms with Crippen molar-refractivity contribution in [3.63, 3.8) is 0 Å². The zero-order valence-corrected chi connectivity index (χ0v) is 38.4. The second-order valence-corrected chi connectivity index (χ2v) is 17.1. The van der Waals surface area contributed by atoms with Crippen LogP contribution in [-0.4, -0.2) is 19.6 Å². The maximum Gasteiger partial charge on any atom is 0.148 e. The number of pyridine rings is 1. The molecule has 4 nitrogen and oxygen atoms in total. The van der Waals surface area contributed by atoms with Gasteiger partial charge in [-0.1, -0.05) is 183 Å². The second-order valence-electron chi connectivity index (χ2n) is 17.1. The predicted octanol–water partition coefficient (Wildman–Crippen LogP) is 15.5. The average Bonchev–Trinajstić information content (AvgIpc) is 3.75. The number of phenols is 1. The van der Waals surface area contributed by atoms with Gasteiger partial charge in [0.25, 0.3) is 0 Å². The number of benzene rings is 8. The molecule has 0 spiro atoms. The van der Waals surface area contributed by atoms with Crippen molar-refractivity contribution in [3.8, 4) is 89.7 Å². The van der Waals surface area contributed by atoms with E-state index < -0.39 is 13.7 Å². The van der Waals surface area contributed by atoms with E-state index >= 15 is 0 Å². The van der Waals surface area contributed by atoms with Crippen molar-refractivity contribution in [2.75, 3.05) is 0 Å². The number of fused-ring (bicyclic) bond motifs is 1. The summed E-state index contributed by atoms with van der Waals surface area (Å²) in [4.78, 5) is 10.1. The van der Waals surface area contributed by atoms with Gasteiger partial charge in [-0.2, -0.15) is 0 Å². The van der Waals surface area contributed by atoms with E-state index in [-0.39, 0.29) is 43.4 Å². The molecule has 10 rings (SSSR count). The van der Waals surface area contributed by atoms with Crippen LogP contribution < -0.4 is 0 Å². The molecule has 1 N–H and O–H groups in total. The SMILES string of the molecule is [2H]C([2H])([2H])c1ccc(-c2ccnc(-c3[c-]c(-c4cccc5c4nc(-c4ccccc4O)n5-c4ccc(-c5c(-c6ccccc6)cccc5C(C)(C)C)cc4C([2H])([2H])[2H])cc(-c4ccccc4)c3)c2)cc1.[Pt]. The number of aryl methyl sites for hydroxylation is 2. The van der Waals surface area contributed by atoms with Gasteiger partial charge in [-0.05, 0) is 106 Å². The molecule has 0 unspecified atom stereocenters. The van der Waals surface area contributed by atoms with Gasteiger partial charge in [0.2, 0.25) is 0 Å². The summed E-state index contributed by atoms with van der Waals surface area (Å²) in [7, 11) is 0. The van der Waals surface area contributed by atoms with Gasteiger partial charge in [0.15, 0.2) is 0 Å². The van der Waals surface area contributed by atoms with Crippen molar-refractivity contribution in [1.29, 1.82) is 0 Å². The quantitative estimate of drug-likeness (QED) is 0.154. The molecule has 0 amide bonds. The molecule has 320 valence electrons. The molecule has 0 atom stereocenters. The number of phenolic OH excluding ortho intramolecular Hbond substituents is 1. The number of aromatic nitrogens is 3. The summed E-state index contributed by atoms with van der Waals surface area (Å²) in [6, 6.07) is 63.6. The van der Waals surface area contributed by atoms with E-state index in [2.05, 4.69) is 69.3 Å². The van der Waals surface area contributed by atoms with Crippen LogP contribution in [0.15, 0.2) is 194 Å². The first-order chi connectivity index (χ1) is 33.5. The number of para-hydroxylation sites is 2. The topological polar surface area (TPSA) is 50.9 Å². The van der Waals surface area contributed by atoms with E-state index in [9.17, 15) is 5.11 Å². The van der Waals surface area contributed by atoms with Gasteiger partial charge in [0.1, 0.15) is 11.6 Å². The number of nitrogens with zero attached hydrogens (tertiary/aromatic N) is 3. The van der Waals surface area contributed by atoms with Crippen LogP contribution in [0, 0.1) is 19.8 Å². The summed E-state index contributed by atoms with van der Waals surface area (Å²) in [6.45, 7) is 1.73. The van der Waals surface area contributed by atoms with Crippen LogP contribution in [0.2, 0.25) is 0 Å². The number of aromatic hydroxyl groups is 1. The first-order valence-electron chi connectivity index (χ1n) is 24.4. The van der Waals surface area contributed by atoms with Crippen LogP contribution in [0.4, 0.5) is 0 Å². The Bertz CT molecular complexity index is 3560. The number of hydrogen-bond donors (Lipinski definition) is 1. The van der Waals surface area contributed by atoms with E-state index in [1.165, 1.54) is 0 Å². The fourth-order valence-corrected chi connectivity index (χ4v) is 8.71. The van der Waals surface area contributed by atoms with Gasteiger partial charge in [0, 0.05) is 41.2 Å². The molecular formula is C60H48N3OPt-. The Morgan fingerprint density at radius 2 is 1.22 bits per heavy atom. The van der Waals surface area contributed by atoms with Crippen LogP contribution in [0.25, 0.3) is 95.0 Å². The van der Waals surface area contributed by atoms with Gasteiger partial charge in [-0.3, -0.25) is 9.55 Å². The van der Waals surface area contributed by atoms with E-state index in [4.69, 9.17) is 18.2 Å². The molecule has 8 aromatic carbocycles. The summed E-state index contributed by atoms with van der Waals surface area (Å²) in [5, 5.41) is 11.5. The monoisotopic (exact) mass is 1030 g/mol. The molecular weight excluding hydrogens is 974 g/mol. The van der Waals surface area contributed by atoms with E-state index in [0.717, 1.165) is 66.8 Å². The molecule has 5 heteroatoms. The third kappa shape index (κ3) is 8.39. The number of hydrogen-bond acceptors (Lipinski definition) is 3. The smallest absolute Gasteiger partial charge is 0.148 e. The average molecular weight is 1030 g/mol. The molecule has 0 saturated heterocycles. The largest absolute Gasteiger partial charge is 0.507 e. The van der Waals surface area contributed by atoms with Gasteiger partial charge in [-0.25, -0.2) is 4.98 Å². The number of imidazole rings is 1. The summed E-state index contributed by atoms with van der Waals surface area (Å²) < 4.78 is 52.7. The molecule has 0 saturated carbocycles. The zero-order chi connectivity index (χ0) is 49.0. The van der Waals surface area contributed by atoms with Crippen LogP contribution in [0.3, 0.4) is 0 Å². The van der Waals surface area contributed by atoms with Crippen LogP contribution in [-0.2, 0) is 26.5 Å². The second kappa shape index (κ2) is 17.8. The van der Waals surface area contributed by atoms with Crippen LogP contribution >= 0.6 is 0 Å². The number of rotatable bonds is 8. The van der Waals surface area contributed by atoms with Crippen molar-refractivity contribution in [3.05, 3.63) is 217 Å². The zero-order valence-electron chi connectivity index (χ0n) is 42.1. The predicted molar refractivity (Wildman–Crippen MR) is 266 cm³/mol. The van der Waals surface area contributed by atoms with E-state index in [1.54, 1.807) is 42.6 Å². The van der Waals surface area contributed by atoms with Crippen LogP contribution in [0.5, 0.6) is 5.75 Å². The molecule has 10 aromatic rings. The summed E-state index contributed by atoms with van der Waals surface area (Å²) in [5.74, 6) is 0.371. The molecule has 0 aliphatic rings. The Morgan fingerprint density at radius 1 is 0.554 bits per heavy atom. The molecule has 0 fully saturated rings. The fraction of sp³-hybridized carbons (Fsp3) is 0.100. The van der Waals surface area contributed by atoms with Crippen molar-refractivity contribution >= 4 is 11.0 Å². The first-order valence-corrected chi connectivity index (χ1v) is 21.4. The summed E-state index contributed by atoms with van der Waals surface area (Å²) in [5.41, 5.74) is 13.5. The van der Waals surface area contributed by atoms with Crippen LogP contribution in [0.1, 0.15) is 45.7 Å². The molecule has 2 heterocycles. The Balaban J connectivity index is 0.00000624. The molecule has 0 bridgehead atoms. The minimum absolute atomic E-state index is 0. The standard InChI is InChI=1S/C60H48N3O.Pt/c1-39-26-28-42(29-27-39)44-32-33-61-53(38-44)48-36-46(41-16-8-6-9-17-41)35-47(37-48)50-22-15-24-55-58(50)62-59(51-20-12-13-25-56(51)64)63(55)54-31-30-45(34-40(54)2)57-49(43-18-10-7-11-19-43)21-14-23-52(57)60(3,4)5;/h6-36,38,64H,1-5H3;/q-1;/i1D3,2D3;. The maximum absolute atomic E-state index is 11.5. The molecule has 65 heavy (non-hydrogen) atoms. The van der Waals surface area contributed by atoms with Crippen molar-refractivity contribution in [2.45, 2.75) is 39.9 Å². The van der Waals surface area contributed by atoms with Gasteiger partial charge >= 0.3 is 0 Å². The Kier molecular flexibility index (Phi) is 9.92. The molecule has 2 aromatic heterocycles. The van der Waals surface area contributed by atoms with Gasteiger partial charge in [-0.15, -0.1) is 23.8 Å². The Hall–Kier alpha value is -7.13. The third-order valence-corrected chi connectivity index (χ3v) is 11.8. The minimum atomic E-state index is -2.56. The molecule has 0 aliphatic heterocycles. The first kappa shape index (κ1) is 36.2. The van der Waals surface area contributed by atoms with E-state index in [0.29, 0.717) is 33.8 Å². The Morgan fingerprint density at radius 3 is 1.95 bits per heavy atom. The maximum atomic E-state index is 11.5. The minimum Gasteiger partial charge on any atom is -0.507 e. The summed E-state index contributed by atoms with van der Waals surface area (Å²) >= 11 is 0. The van der Waals surface area contributed by atoms with Crippen molar-refractivity contribution in [2.24, 2.45) is 0 Å². The van der Waals surface area contributed by atoms with Crippen molar-refractivity contribution in [1.82, 2.24) is 14.5 Å². The fourth-order valence-electron chi connectivity index (χ4n) is 8.71. The molecule has 0 aliphatic carbocycles. The van der Waals surface area contributed by atoms with E-state index in [1.807, 2.05) is 114 Å². The van der Waals surface area contributed by atoms with Crippen molar-refractivity contribution < 1.29 is 34.4 Å². The normalized spacial score (nSPS) is 13.2. The van der Waals surface area contributed by atoms with Gasteiger partial charge in [0.05, 0.1) is 22.3 Å². The third-order valence-electron chi connectivity index (χ3n) is 11.8. The Labute approximate surface area is 404 Å².